The Morgan fingerprint density at radius 2 is 1.93 bits per heavy atom. The molecule has 0 aliphatic carbocycles. The highest BCUT2D eigenvalue weighted by atomic mass is 32.2. The van der Waals surface area contributed by atoms with Crippen LogP contribution in [0.1, 0.15) is 4.88 Å². The summed E-state index contributed by atoms with van der Waals surface area (Å²) in [6, 6.07) is 10.3. The Morgan fingerprint density at radius 1 is 1.17 bits per heavy atom. The maximum atomic E-state index is 12.7. The number of sulfonamides is 1. The first-order valence-electron chi connectivity index (χ1n) is 9.33. The van der Waals surface area contributed by atoms with Gasteiger partial charge in [0.15, 0.2) is 0 Å². The third-order valence-corrected chi connectivity index (χ3v) is 8.17. The summed E-state index contributed by atoms with van der Waals surface area (Å²) in [5.41, 5.74) is -0.335. The zero-order chi connectivity index (χ0) is 21.1. The Labute approximate surface area is 176 Å². The first-order chi connectivity index (χ1) is 14.4. The molecule has 1 aliphatic rings. The summed E-state index contributed by atoms with van der Waals surface area (Å²) in [6.45, 7) is 1.39. The normalized spacial score (nSPS) is 15.3. The Hall–Kier alpha value is -2.60. The maximum Gasteiger partial charge on any atom is 0.275 e. The third-order valence-electron chi connectivity index (χ3n) is 4.72. The molecule has 0 bridgehead atoms. The molecular formula is C19H20N4O5S2. The van der Waals surface area contributed by atoms with Gasteiger partial charge in [0, 0.05) is 23.4 Å². The first kappa shape index (κ1) is 20.7. The fraction of sp³-hybridized carbons (Fsp3) is 0.316. The van der Waals surface area contributed by atoms with Crippen molar-refractivity contribution in [2.45, 2.75) is 17.3 Å². The van der Waals surface area contributed by atoms with E-state index < -0.39 is 10.0 Å². The molecule has 0 spiro atoms. The van der Waals surface area contributed by atoms with E-state index in [9.17, 15) is 18.0 Å². The fourth-order valence-corrected chi connectivity index (χ4v) is 5.98. The predicted octanol–water partition coefficient (Wildman–Crippen LogP) is 0.795. The van der Waals surface area contributed by atoms with Gasteiger partial charge in [0.25, 0.3) is 15.6 Å². The molecule has 0 atom stereocenters. The molecule has 0 unspecified atom stereocenters. The van der Waals surface area contributed by atoms with Crippen LogP contribution >= 0.6 is 11.3 Å². The van der Waals surface area contributed by atoms with Gasteiger partial charge in [-0.15, -0.1) is 11.3 Å². The van der Waals surface area contributed by atoms with Crippen LogP contribution in [-0.2, 0) is 32.6 Å². The van der Waals surface area contributed by atoms with Gasteiger partial charge >= 0.3 is 0 Å². The van der Waals surface area contributed by atoms with Crippen LogP contribution in [0, 0.1) is 0 Å². The van der Waals surface area contributed by atoms with Crippen molar-refractivity contribution < 1.29 is 17.9 Å². The molecule has 0 radical (unpaired) electrons. The van der Waals surface area contributed by atoms with Crippen LogP contribution in [0.3, 0.4) is 0 Å². The third kappa shape index (κ3) is 4.29. The molecule has 3 heterocycles. The molecule has 1 aliphatic heterocycles. The number of nitrogens with one attached hydrogen (secondary N) is 1. The second-order valence-corrected chi connectivity index (χ2v) is 10.0. The quantitative estimate of drug-likeness (QED) is 0.597. The molecule has 2 aromatic heterocycles. The van der Waals surface area contributed by atoms with E-state index in [0.29, 0.717) is 42.0 Å². The maximum absolute atomic E-state index is 12.7. The average Bonchev–Trinajstić information content (AvgIpc) is 3.25. The number of hydrogen-bond acceptors (Lipinski definition) is 7. The van der Waals surface area contributed by atoms with Crippen LogP contribution < -0.4 is 10.9 Å². The molecule has 1 aromatic carbocycles. The Kier molecular flexibility index (Phi) is 5.95. The number of aromatic nitrogens is 2. The zero-order valence-electron chi connectivity index (χ0n) is 16.0. The molecule has 1 fully saturated rings. The lowest BCUT2D eigenvalue weighted by Crippen LogP contribution is -2.40. The number of benzene rings is 1. The lowest BCUT2D eigenvalue weighted by Gasteiger charge is -2.25. The zero-order valence-corrected chi connectivity index (χ0v) is 17.6. The minimum absolute atomic E-state index is 0.171. The highest BCUT2D eigenvalue weighted by Gasteiger charge is 2.27. The highest BCUT2D eigenvalue weighted by molar-refractivity contribution is 7.91. The monoisotopic (exact) mass is 448 g/mol. The van der Waals surface area contributed by atoms with Crippen LogP contribution in [0.25, 0.3) is 10.8 Å². The van der Waals surface area contributed by atoms with Gasteiger partial charge in [-0.25, -0.2) is 13.1 Å². The van der Waals surface area contributed by atoms with E-state index >= 15 is 0 Å². The minimum atomic E-state index is -3.55. The van der Waals surface area contributed by atoms with E-state index in [4.69, 9.17) is 4.74 Å². The second kappa shape index (κ2) is 8.64. The second-order valence-electron chi connectivity index (χ2n) is 6.71. The van der Waals surface area contributed by atoms with Crippen molar-refractivity contribution in [2.24, 2.45) is 0 Å². The van der Waals surface area contributed by atoms with Gasteiger partial charge in [0.05, 0.1) is 31.3 Å². The van der Waals surface area contributed by atoms with E-state index in [2.05, 4.69) is 10.4 Å². The van der Waals surface area contributed by atoms with Gasteiger partial charge in [-0.05, 0) is 18.2 Å². The van der Waals surface area contributed by atoms with E-state index in [1.165, 1.54) is 4.31 Å². The van der Waals surface area contributed by atoms with Crippen LogP contribution in [0.2, 0.25) is 0 Å². The molecular weight excluding hydrogens is 428 g/mol. The lowest BCUT2D eigenvalue weighted by atomic mass is 10.2. The lowest BCUT2D eigenvalue weighted by molar-refractivity contribution is -0.122. The number of fused-ring (bicyclic) bond motifs is 1. The first-order valence-corrected chi connectivity index (χ1v) is 11.6. The van der Waals surface area contributed by atoms with E-state index in [-0.39, 0.29) is 28.8 Å². The van der Waals surface area contributed by atoms with Gasteiger partial charge < -0.3 is 10.1 Å². The van der Waals surface area contributed by atoms with E-state index in [0.717, 1.165) is 16.0 Å². The number of carbonyl (C=O) groups is 1. The number of thiophene rings is 1. The molecule has 1 N–H and O–H groups in total. The summed E-state index contributed by atoms with van der Waals surface area (Å²) < 4.78 is 33.3. The van der Waals surface area contributed by atoms with Crippen molar-refractivity contribution >= 4 is 38.0 Å². The predicted molar refractivity (Wildman–Crippen MR) is 112 cm³/mol. The summed E-state index contributed by atoms with van der Waals surface area (Å²) >= 11 is 1.12. The standard InChI is InChI=1S/C19H20N4O5S2/c24-17(13-23-19(25)16-4-2-1-3-14(16)11-21-23)20-12-15-5-6-18(29-15)30(26,27)22-7-9-28-10-8-22/h1-6,11H,7-10,12-13H2,(H,20,24). The van der Waals surface area contributed by atoms with E-state index in [1.54, 1.807) is 36.5 Å². The van der Waals surface area contributed by atoms with Crippen molar-refractivity contribution in [1.29, 1.82) is 0 Å². The number of nitrogens with zero attached hydrogens (tertiary/aromatic N) is 3. The van der Waals surface area contributed by atoms with Gasteiger partial charge in [-0.3, -0.25) is 9.59 Å². The SMILES string of the molecule is O=C(Cn1ncc2ccccc2c1=O)NCc1ccc(S(=O)(=O)N2CCOCC2)s1. The van der Waals surface area contributed by atoms with E-state index in [1.807, 2.05) is 6.07 Å². The number of amides is 1. The van der Waals surface area contributed by atoms with Gasteiger partial charge in [0.1, 0.15) is 10.8 Å². The number of carbonyl (C=O) groups excluding carboxylic acids is 1. The van der Waals surface area contributed by atoms with Crippen molar-refractivity contribution in [2.75, 3.05) is 26.3 Å². The Morgan fingerprint density at radius 3 is 2.73 bits per heavy atom. The molecule has 0 saturated carbocycles. The highest BCUT2D eigenvalue weighted by Crippen LogP contribution is 2.25. The molecule has 9 nitrogen and oxygen atoms in total. The number of morpholine rings is 1. The molecule has 11 heteroatoms. The summed E-state index contributed by atoms with van der Waals surface area (Å²) in [5.74, 6) is -0.383. The van der Waals surface area contributed by atoms with Crippen LogP contribution in [-0.4, -0.2) is 54.7 Å². The summed E-state index contributed by atoms with van der Waals surface area (Å²) in [7, 11) is -3.55. The molecule has 1 amide bonds. The average molecular weight is 449 g/mol. The van der Waals surface area contributed by atoms with Crippen molar-refractivity contribution in [3.63, 3.8) is 0 Å². The van der Waals surface area contributed by atoms with Crippen LogP contribution in [0.4, 0.5) is 0 Å². The summed E-state index contributed by atoms with van der Waals surface area (Å²) in [6.07, 6.45) is 1.55. The smallest absolute Gasteiger partial charge is 0.275 e. The largest absolute Gasteiger partial charge is 0.379 e. The van der Waals surface area contributed by atoms with Gasteiger partial charge in [0.2, 0.25) is 5.91 Å². The van der Waals surface area contributed by atoms with Crippen LogP contribution in [0.15, 0.2) is 51.6 Å². The molecule has 4 rings (SSSR count). The van der Waals surface area contributed by atoms with Crippen molar-refractivity contribution in [1.82, 2.24) is 19.4 Å². The summed E-state index contributed by atoms with van der Waals surface area (Å²) in [4.78, 5) is 25.4. The van der Waals surface area contributed by atoms with Gasteiger partial charge in [-0.2, -0.15) is 9.40 Å². The number of hydrogen-bond donors (Lipinski definition) is 1. The van der Waals surface area contributed by atoms with Crippen molar-refractivity contribution in [3.05, 3.63) is 57.8 Å². The minimum Gasteiger partial charge on any atom is -0.379 e. The van der Waals surface area contributed by atoms with Crippen LogP contribution in [0.5, 0.6) is 0 Å². The Bertz CT molecular complexity index is 1230. The van der Waals surface area contributed by atoms with Crippen molar-refractivity contribution in [3.8, 4) is 0 Å². The number of ether oxygens (including phenoxy) is 1. The molecule has 3 aromatic rings. The summed E-state index contributed by atoms with van der Waals surface area (Å²) in [5, 5.41) is 7.96. The molecule has 30 heavy (non-hydrogen) atoms. The fourth-order valence-electron chi connectivity index (χ4n) is 3.12. The topological polar surface area (TPSA) is 111 Å². The Balaban J connectivity index is 1.39. The molecule has 1 saturated heterocycles. The number of rotatable bonds is 6. The molecule has 158 valence electrons. The van der Waals surface area contributed by atoms with Gasteiger partial charge in [-0.1, -0.05) is 18.2 Å².